The van der Waals surface area contributed by atoms with Crippen LogP contribution in [0.5, 0.6) is 0 Å². The van der Waals surface area contributed by atoms with Crippen molar-refractivity contribution in [3.63, 3.8) is 0 Å². The van der Waals surface area contributed by atoms with Gasteiger partial charge in [-0.3, -0.25) is 4.79 Å². The quantitative estimate of drug-likeness (QED) is 0.495. The first kappa shape index (κ1) is 17.9. The van der Waals surface area contributed by atoms with Gasteiger partial charge >= 0.3 is 0 Å². The van der Waals surface area contributed by atoms with Gasteiger partial charge in [-0.15, -0.1) is 0 Å². The van der Waals surface area contributed by atoms with Gasteiger partial charge in [-0.1, -0.05) is 85.6 Å². The lowest BCUT2D eigenvalue weighted by Gasteiger charge is -2.08. The Labute approximate surface area is 154 Å². The number of aryl methyl sites for hydroxylation is 1. The first-order chi connectivity index (χ1) is 12.7. The molecule has 0 saturated heterocycles. The van der Waals surface area contributed by atoms with E-state index in [-0.39, 0.29) is 5.91 Å². The number of amides is 1. The molecule has 0 spiro atoms. The summed E-state index contributed by atoms with van der Waals surface area (Å²) in [4.78, 5) is 12.4. The summed E-state index contributed by atoms with van der Waals surface area (Å²) in [6.07, 6.45) is 2.13. The summed E-state index contributed by atoms with van der Waals surface area (Å²) in [6.45, 7) is 4.17. The van der Waals surface area contributed by atoms with E-state index in [2.05, 4.69) is 66.8 Å². The van der Waals surface area contributed by atoms with E-state index in [9.17, 15) is 4.79 Å². The molecular weight excluding hydrogens is 320 g/mol. The van der Waals surface area contributed by atoms with Crippen molar-refractivity contribution in [2.24, 2.45) is 5.10 Å². The van der Waals surface area contributed by atoms with Crippen molar-refractivity contribution in [3.8, 4) is 0 Å². The molecule has 26 heavy (non-hydrogen) atoms. The van der Waals surface area contributed by atoms with Crippen LogP contribution in [-0.2, 0) is 11.2 Å². The Balaban J connectivity index is 1.75. The average molecular weight is 344 g/mol. The SMILES string of the molecule is CCC/C(=N/NC(=O)Cc1cccc2ccccc12)c1ccc(C)cc1. The fraction of sp³-hybridized carbons (Fsp3) is 0.217. The van der Waals surface area contributed by atoms with Crippen molar-refractivity contribution in [2.45, 2.75) is 33.1 Å². The van der Waals surface area contributed by atoms with E-state index >= 15 is 0 Å². The summed E-state index contributed by atoms with van der Waals surface area (Å²) in [5, 5.41) is 6.67. The first-order valence-electron chi connectivity index (χ1n) is 9.06. The molecule has 3 rings (SSSR count). The predicted octanol–water partition coefficient (Wildman–Crippen LogP) is 5.01. The van der Waals surface area contributed by atoms with Crippen LogP contribution in [0.2, 0.25) is 0 Å². The van der Waals surface area contributed by atoms with Gasteiger partial charge in [0.05, 0.1) is 12.1 Å². The number of hydrogen-bond acceptors (Lipinski definition) is 2. The monoisotopic (exact) mass is 344 g/mol. The van der Waals surface area contributed by atoms with Crippen molar-refractivity contribution in [3.05, 3.63) is 83.4 Å². The summed E-state index contributed by atoms with van der Waals surface area (Å²) in [6, 6.07) is 22.4. The summed E-state index contributed by atoms with van der Waals surface area (Å²) >= 11 is 0. The molecule has 132 valence electrons. The predicted molar refractivity (Wildman–Crippen MR) is 108 cm³/mol. The number of hydrogen-bond donors (Lipinski definition) is 1. The minimum absolute atomic E-state index is 0.0953. The summed E-state index contributed by atoms with van der Waals surface area (Å²) in [5.41, 5.74) is 6.95. The molecule has 0 aliphatic rings. The van der Waals surface area contributed by atoms with Crippen LogP contribution in [-0.4, -0.2) is 11.6 Å². The highest BCUT2D eigenvalue weighted by molar-refractivity contribution is 6.01. The third-order valence-corrected chi connectivity index (χ3v) is 4.42. The van der Waals surface area contributed by atoms with Gasteiger partial charge in [0.1, 0.15) is 0 Å². The molecule has 0 fully saturated rings. The number of rotatable bonds is 6. The highest BCUT2D eigenvalue weighted by atomic mass is 16.2. The summed E-state index contributed by atoms with van der Waals surface area (Å²) in [5.74, 6) is -0.0953. The fourth-order valence-corrected chi connectivity index (χ4v) is 3.04. The van der Waals surface area contributed by atoms with E-state index in [0.717, 1.165) is 40.5 Å². The van der Waals surface area contributed by atoms with Crippen LogP contribution in [0.4, 0.5) is 0 Å². The molecule has 0 radical (unpaired) electrons. The van der Waals surface area contributed by atoms with E-state index in [1.54, 1.807) is 0 Å². The second kappa shape index (κ2) is 8.43. The van der Waals surface area contributed by atoms with Crippen LogP contribution >= 0.6 is 0 Å². The zero-order chi connectivity index (χ0) is 18.4. The number of hydrazone groups is 1. The Morgan fingerprint density at radius 3 is 2.46 bits per heavy atom. The largest absolute Gasteiger partial charge is 0.273 e. The van der Waals surface area contributed by atoms with Gasteiger partial charge in [-0.2, -0.15) is 5.10 Å². The van der Waals surface area contributed by atoms with Crippen LogP contribution in [0, 0.1) is 6.92 Å². The van der Waals surface area contributed by atoms with Crippen molar-refractivity contribution in [1.29, 1.82) is 0 Å². The second-order valence-corrected chi connectivity index (χ2v) is 6.52. The normalized spacial score (nSPS) is 11.5. The number of benzene rings is 3. The van der Waals surface area contributed by atoms with Crippen molar-refractivity contribution >= 4 is 22.4 Å². The van der Waals surface area contributed by atoms with Gasteiger partial charge in [0.15, 0.2) is 0 Å². The molecule has 0 aliphatic heterocycles. The minimum atomic E-state index is -0.0953. The zero-order valence-electron chi connectivity index (χ0n) is 15.3. The molecular formula is C23H24N2O. The number of fused-ring (bicyclic) bond motifs is 1. The average Bonchev–Trinajstić information content (AvgIpc) is 2.66. The van der Waals surface area contributed by atoms with Gasteiger partial charge in [-0.05, 0) is 35.2 Å². The lowest BCUT2D eigenvalue weighted by atomic mass is 10.0. The van der Waals surface area contributed by atoms with Crippen LogP contribution in [0.15, 0.2) is 71.8 Å². The lowest BCUT2D eigenvalue weighted by Crippen LogP contribution is -2.22. The maximum Gasteiger partial charge on any atom is 0.244 e. The number of carbonyl (C=O) groups excluding carboxylic acids is 1. The van der Waals surface area contributed by atoms with Crippen molar-refractivity contribution < 1.29 is 4.79 Å². The Hall–Kier alpha value is -2.94. The molecule has 0 heterocycles. The van der Waals surface area contributed by atoms with Gasteiger partial charge in [-0.25, -0.2) is 5.43 Å². The minimum Gasteiger partial charge on any atom is -0.273 e. The van der Waals surface area contributed by atoms with E-state index < -0.39 is 0 Å². The molecule has 0 aliphatic carbocycles. The smallest absolute Gasteiger partial charge is 0.244 e. The van der Waals surface area contributed by atoms with E-state index in [0.29, 0.717) is 6.42 Å². The first-order valence-corrected chi connectivity index (χ1v) is 9.06. The standard InChI is InChI=1S/C23H24N2O/c1-3-7-22(19-14-12-17(2)13-15-19)24-25-23(26)16-20-10-6-9-18-8-4-5-11-21(18)20/h4-6,8-15H,3,7,16H2,1-2H3,(H,25,26)/b24-22-. The van der Waals surface area contributed by atoms with Gasteiger partial charge in [0.2, 0.25) is 5.91 Å². The van der Waals surface area contributed by atoms with Gasteiger partial charge in [0.25, 0.3) is 0 Å². The number of carbonyl (C=O) groups is 1. The highest BCUT2D eigenvalue weighted by Gasteiger charge is 2.08. The Morgan fingerprint density at radius 1 is 0.962 bits per heavy atom. The third-order valence-electron chi connectivity index (χ3n) is 4.42. The molecule has 1 N–H and O–H groups in total. The molecule has 0 bridgehead atoms. The molecule has 1 amide bonds. The molecule has 0 saturated carbocycles. The molecule has 0 atom stereocenters. The lowest BCUT2D eigenvalue weighted by molar-refractivity contribution is -0.120. The van der Waals surface area contributed by atoms with Crippen LogP contribution < -0.4 is 5.43 Å². The number of nitrogens with one attached hydrogen (secondary N) is 1. The summed E-state index contributed by atoms with van der Waals surface area (Å²) in [7, 11) is 0. The van der Waals surface area contributed by atoms with Crippen LogP contribution in [0.1, 0.15) is 36.5 Å². The molecule has 3 aromatic rings. The molecule has 3 heteroatoms. The number of nitrogens with zero attached hydrogens (tertiary/aromatic N) is 1. The zero-order valence-corrected chi connectivity index (χ0v) is 15.3. The second-order valence-electron chi connectivity index (χ2n) is 6.52. The Morgan fingerprint density at radius 2 is 1.69 bits per heavy atom. The highest BCUT2D eigenvalue weighted by Crippen LogP contribution is 2.18. The molecule has 0 unspecified atom stereocenters. The van der Waals surface area contributed by atoms with Gasteiger partial charge < -0.3 is 0 Å². The Kier molecular flexibility index (Phi) is 5.80. The molecule has 0 aromatic heterocycles. The topological polar surface area (TPSA) is 41.5 Å². The Bertz CT molecular complexity index is 921. The summed E-state index contributed by atoms with van der Waals surface area (Å²) < 4.78 is 0. The maximum atomic E-state index is 12.4. The van der Waals surface area contributed by atoms with E-state index in [4.69, 9.17) is 0 Å². The maximum absolute atomic E-state index is 12.4. The van der Waals surface area contributed by atoms with Crippen LogP contribution in [0.3, 0.4) is 0 Å². The van der Waals surface area contributed by atoms with E-state index in [1.165, 1.54) is 5.56 Å². The van der Waals surface area contributed by atoms with Crippen molar-refractivity contribution in [2.75, 3.05) is 0 Å². The van der Waals surface area contributed by atoms with Crippen molar-refractivity contribution in [1.82, 2.24) is 5.43 Å². The fourth-order valence-electron chi connectivity index (χ4n) is 3.04. The van der Waals surface area contributed by atoms with Crippen LogP contribution in [0.25, 0.3) is 10.8 Å². The third kappa shape index (κ3) is 4.37. The van der Waals surface area contributed by atoms with E-state index in [1.807, 2.05) is 24.3 Å². The molecule has 3 aromatic carbocycles. The molecule has 3 nitrogen and oxygen atoms in total. The van der Waals surface area contributed by atoms with Gasteiger partial charge in [0, 0.05) is 0 Å².